The molecule has 0 bridgehead atoms. The van der Waals surface area contributed by atoms with Crippen LogP contribution in [0.15, 0.2) is 29.1 Å². The van der Waals surface area contributed by atoms with Gasteiger partial charge in [0, 0.05) is 16.5 Å². The van der Waals surface area contributed by atoms with Crippen LogP contribution in [-0.2, 0) is 5.41 Å². The van der Waals surface area contributed by atoms with Gasteiger partial charge in [-0.15, -0.1) is 0 Å². The van der Waals surface area contributed by atoms with Crippen LogP contribution >= 0.6 is 11.6 Å². The van der Waals surface area contributed by atoms with Gasteiger partial charge in [0.25, 0.3) is 0 Å². The summed E-state index contributed by atoms with van der Waals surface area (Å²) >= 11 is 5.78. The fraction of sp³-hybridized carbons (Fsp3) is 0.250. The maximum absolute atomic E-state index is 14.1. The summed E-state index contributed by atoms with van der Waals surface area (Å²) in [5.74, 6) is -0.629. The highest BCUT2D eigenvalue weighted by Gasteiger charge is 2.18. The van der Waals surface area contributed by atoms with Crippen molar-refractivity contribution in [3.05, 3.63) is 51.0 Å². The number of nitrogens with zero attached hydrogens (tertiary/aromatic N) is 1. The molecule has 0 aliphatic heterocycles. The van der Waals surface area contributed by atoms with Gasteiger partial charge in [0.05, 0.1) is 15.9 Å². The predicted octanol–water partition coefficient (Wildman–Crippen LogP) is 4.17. The zero-order valence-corrected chi connectivity index (χ0v) is 12.7. The number of hydrogen-bond donors (Lipinski definition) is 1. The van der Waals surface area contributed by atoms with E-state index in [9.17, 15) is 9.18 Å². The molecule has 0 aliphatic carbocycles. The van der Waals surface area contributed by atoms with Crippen LogP contribution in [0.25, 0.3) is 21.9 Å². The number of aromatic nitrogens is 2. The maximum Gasteiger partial charge on any atom is 0.198 e. The first kappa shape index (κ1) is 14.0. The highest BCUT2D eigenvalue weighted by Crippen LogP contribution is 2.25. The van der Waals surface area contributed by atoms with E-state index in [2.05, 4.69) is 9.97 Å². The highest BCUT2D eigenvalue weighted by atomic mass is 35.5. The third-order valence-corrected chi connectivity index (χ3v) is 3.78. The Morgan fingerprint density at radius 2 is 1.81 bits per heavy atom. The van der Waals surface area contributed by atoms with Gasteiger partial charge in [0.2, 0.25) is 0 Å². The molecule has 2 heterocycles. The van der Waals surface area contributed by atoms with Crippen molar-refractivity contribution in [1.82, 2.24) is 9.97 Å². The number of benzene rings is 1. The standard InChI is InChI=1S/C16H14ClFN2O/c1-16(2,3)11-7-5-9-14(21)8-4-6-10(17)12(18)13(8)20-15(9)19-11/h4-7H,1-3H3,(H,19,20,21). The Labute approximate surface area is 125 Å². The second-order valence-electron chi connectivity index (χ2n) is 6.08. The van der Waals surface area contributed by atoms with Gasteiger partial charge in [-0.25, -0.2) is 9.37 Å². The van der Waals surface area contributed by atoms with Crippen LogP contribution in [-0.4, -0.2) is 9.97 Å². The van der Waals surface area contributed by atoms with E-state index in [1.807, 2.05) is 26.8 Å². The topological polar surface area (TPSA) is 45.8 Å². The first-order chi connectivity index (χ1) is 9.79. The molecule has 108 valence electrons. The average Bonchev–Trinajstić information content (AvgIpc) is 2.42. The zero-order chi connectivity index (χ0) is 15.4. The monoisotopic (exact) mass is 304 g/mol. The number of hydrogen-bond acceptors (Lipinski definition) is 2. The summed E-state index contributed by atoms with van der Waals surface area (Å²) in [6.07, 6.45) is 0. The van der Waals surface area contributed by atoms with E-state index in [1.165, 1.54) is 12.1 Å². The van der Waals surface area contributed by atoms with Crippen LogP contribution < -0.4 is 5.43 Å². The third kappa shape index (κ3) is 2.20. The predicted molar refractivity (Wildman–Crippen MR) is 83.5 cm³/mol. The summed E-state index contributed by atoms with van der Waals surface area (Å²) in [5.41, 5.74) is 0.891. The van der Waals surface area contributed by atoms with Crippen molar-refractivity contribution in [2.45, 2.75) is 26.2 Å². The van der Waals surface area contributed by atoms with E-state index < -0.39 is 5.82 Å². The van der Waals surface area contributed by atoms with Crippen molar-refractivity contribution in [1.29, 1.82) is 0 Å². The lowest BCUT2D eigenvalue weighted by Crippen LogP contribution is -2.15. The maximum atomic E-state index is 14.1. The summed E-state index contributed by atoms with van der Waals surface area (Å²) in [5, 5.41) is 0.691. The first-order valence-corrected chi connectivity index (χ1v) is 6.98. The van der Waals surface area contributed by atoms with Gasteiger partial charge in [-0.2, -0.15) is 0 Å². The molecule has 3 aromatic rings. The molecule has 21 heavy (non-hydrogen) atoms. The number of rotatable bonds is 0. The van der Waals surface area contributed by atoms with Crippen molar-refractivity contribution in [3.63, 3.8) is 0 Å². The number of halogens is 2. The van der Waals surface area contributed by atoms with Gasteiger partial charge >= 0.3 is 0 Å². The Hall–Kier alpha value is -1.94. The highest BCUT2D eigenvalue weighted by molar-refractivity contribution is 6.31. The van der Waals surface area contributed by atoms with Gasteiger partial charge < -0.3 is 4.98 Å². The Kier molecular flexibility index (Phi) is 3.02. The van der Waals surface area contributed by atoms with Gasteiger partial charge in [-0.1, -0.05) is 32.4 Å². The molecule has 0 saturated heterocycles. The number of fused-ring (bicyclic) bond motifs is 2. The smallest absolute Gasteiger partial charge is 0.198 e. The van der Waals surface area contributed by atoms with Gasteiger partial charge in [0.1, 0.15) is 5.65 Å². The molecule has 0 aliphatic rings. The Morgan fingerprint density at radius 1 is 1.14 bits per heavy atom. The Bertz CT molecular complexity index is 925. The largest absolute Gasteiger partial charge is 0.337 e. The summed E-state index contributed by atoms with van der Waals surface area (Å²) in [6.45, 7) is 6.08. The van der Waals surface area contributed by atoms with Gasteiger partial charge in [-0.3, -0.25) is 4.79 Å². The normalized spacial score (nSPS) is 12.2. The molecule has 0 saturated carbocycles. The molecule has 5 heteroatoms. The number of H-pyrrole nitrogens is 1. The van der Waals surface area contributed by atoms with Crippen molar-refractivity contribution in [3.8, 4) is 0 Å². The Morgan fingerprint density at radius 3 is 2.48 bits per heavy atom. The molecule has 0 spiro atoms. The van der Waals surface area contributed by atoms with Crippen LogP contribution in [0.5, 0.6) is 0 Å². The van der Waals surface area contributed by atoms with Crippen LogP contribution in [0.3, 0.4) is 0 Å². The summed E-state index contributed by atoms with van der Waals surface area (Å²) in [7, 11) is 0. The Balaban J connectivity index is 2.46. The molecule has 1 N–H and O–H groups in total. The van der Waals surface area contributed by atoms with Crippen molar-refractivity contribution in [2.75, 3.05) is 0 Å². The molecule has 0 unspecified atom stereocenters. The SMILES string of the molecule is CC(C)(C)c1ccc2c(=O)c3ccc(Cl)c(F)c3[nH]c2n1. The molecule has 3 nitrogen and oxygen atoms in total. The third-order valence-electron chi connectivity index (χ3n) is 3.49. The van der Waals surface area contributed by atoms with E-state index in [1.54, 1.807) is 6.07 Å². The number of aromatic amines is 1. The minimum Gasteiger partial charge on any atom is -0.337 e. The lowest BCUT2D eigenvalue weighted by molar-refractivity contribution is 0.571. The molecule has 1 aromatic carbocycles. The van der Waals surface area contributed by atoms with Crippen molar-refractivity contribution < 1.29 is 4.39 Å². The molecular formula is C16H14ClFN2O. The average molecular weight is 305 g/mol. The number of pyridine rings is 2. The molecule has 0 radical (unpaired) electrons. The fourth-order valence-corrected chi connectivity index (χ4v) is 2.44. The van der Waals surface area contributed by atoms with E-state index in [0.717, 1.165) is 5.69 Å². The van der Waals surface area contributed by atoms with E-state index in [4.69, 9.17) is 11.6 Å². The van der Waals surface area contributed by atoms with Gasteiger partial charge in [0.15, 0.2) is 11.2 Å². The van der Waals surface area contributed by atoms with Crippen LogP contribution in [0, 0.1) is 5.82 Å². The lowest BCUT2D eigenvalue weighted by atomic mass is 9.91. The summed E-state index contributed by atoms with van der Waals surface area (Å²) in [6, 6.07) is 6.47. The van der Waals surface area contributed by atoms with Crippen molar-refractivity contribution >= 4 is 33.5 Å². The summed E-state index contributed by atoms with van der Waals surface area (Å²) in [4.78, 5) is 19.8. The van der Waals surface area contributed by atoms with Gasteiger partial charge in [-0.05, 0) is 24.3 Å². The van der Waals surface area contributed by atoms with E-state index in [-0.39, 0.29) is 26.8 Å². The summed E-state index contributed by atoms with van der Waals surface area (Å²) < 4.78 is 14.1. The second-order valence-corrected chi connectivity index (χ2v) is 6.49. The molecule has 0 atom stereocenters. The fourth-order valence-electron chi connectivity index (χ4n) is 2.28. The molecule has 2 aromatic heterocycles. The zero-order valence-electron chi connectivity index (χ0n) is 11.9. The second kappa shape index (κ2) is 4.53. The first-order valence-electron chi connectivity index (χ1n) is 6.60. The van der Waals surface area contributed by atoms with Crippen LogP contribution in [0.1, 0.15) is 26.5 Å². The lowest BCUT2D eigenvalue weighted by Gasteiger charge is -2.17. The minimum atomic E-state index is -0.629. The van der Waals surface area contributed by atoms with E-state index in [0.29, 0.717) is 11.0 Å². The molecular weight excluding hydrogens is 291 g/mol. The van der Waals surface area contributed by atoms with Crippen LogP contribution in [0.4, 0.5) is 4.39 Å². The quantitative estimate of drug-likeness (QED) is 0.634. The van der Waals surface area contributed by atoms with E-state index >= 15 is 0 Å². The molecule has 3 rings (SSSR count). The molecule has 0 amide bonds. The van der Waals surface area contributed by atoms with Crippen molar-refractivity contribution in [2.24, 2.45) is 0 Å². The van der Waals surface area contributed by atoms with Crippen LogP contribution in [0.2, 0.25) is 5.02 Å². The molecule has 0 fully saturated rings. The number of nitrogens with one attached hydrogen (secondary N) is 1. The minimum absolute atomic E-state index is 0.0236.